The molecular weight excluding hydrogens is 234 g/mol. The maximum atomic E-state index is 11.6. The summed E-state index contributed by atoms with van der Waals surface area (Å²) in [6.07, 6.45) is 5.43. The number of nitrogens with one attached hydrogen (secondary N) is 2. The number of hydrogen-bond donors (Lipinski definition) is 2. The van der Waals surface area contributed by atoms with Crippen molar-refractivity contribution in [2.24, 2.45) is 0 Å². The zero-order valence-corrected chi connectivity index (χ0v) is 10.4. The molecule has 1 aromatic heterocycles. The van der Waals surface area contributed by atoms with Crippen LogP contribution in [0.4, 0.5) is 4.79 Å². The third-order valence-electron chi connectivity index (χ3n) is 3.03. The second-order valence-corrected chi connectivity index (χ2v) is 4.59. The molecule has 0 radical (unpaired) electrons. The molecule has 1 heterocycles. The van der Waals surface area contributed by atoms with Crippen molar-refractivity contribution in [1.82, 2.24) is 15.8 Å². The van der Waals surface area contributed by atoms with Crippen molar-refractivity contribution in [3.05, 3.63) is 17.5 Å². The van der Waals surface area contributed by atoms with Crippen molar-refractivity contribution in [3.63, 3.8) is 0 Å². The summed E-state index contributed by atoms with van der Waals surface area (Å²) in [6.45, 7) is 1.69. The first kappa shape index (κ1) is 12.6. The molecular formula is C12H17N3O3. The summed E-state index contributed by atoms with van der Waals surface area (Å²) in [6, 6.07) is 1.20. The number of urea groups is 1. The van der Waals surface area contributed by atoms with Crippen LogP contribution in [0.3, 0.4) is 0 Å². The normalized spacial score (nSPS) is 16.3. The molecule has 2 N–H and O–H groups in total. The van der Waals surface area contributed by atoms with E-state index >= 15 is 0 Å². The Morgan fingerprint density at radius 1 is 1.33 bits per heavy atom. The fourth-order valence-corrected chi connectivity index (χ4v) is 2.11. The minimum atomic E-state index is -0.542. The van der Waals surface area contributed by atoms with Gasteiger partial charge in [-0.2, -0.15) is 0 Å². The maximum Gasteiger partial charge on any atom is 0.321 e. The molecule has 0 unspecified atom stereocenters. The van der Waals surface area contributed by atoms with Gasteiger partial charge >= 0.3 is 6.03 Å². The average molecular weight is 251 g/mol. The Morgan fingerprint density at radius 2 is 2.06 bits per heavy atom. The zero-order valence-electron chi connectivity index (χ0n) is 10.4. The summed E-state index contributed by atoms with van der Waals surface area (Å²) in [7, 11) is 0. The van der Waals surface area contributed by atoms with Crippen LogP contribution in [0.25, 0.3) is 0 Å². The highest BCUT2D eigenvalue weighted by Gasteiger charge is 2.18. The summed E-state index contributed by atoms with van der Waals surface area (Å²) in [5, 5.41) is 8.59. The van der Waals surface area contributed by atoms with Crippen molar-refractivity contribution in [2.45, 2.75) is 45.1 Å². The molecule has 0 bridgehead atoms. The number of carbonyl (C=O) groups is 2. The van der Waals surface area contributed by atoms with Crippen LogP contribution < -0.4 is 10.6 Å². The van der Waals surface area contributed by atoms with Gasteiger partial charge in [0.25, 0.3) is 5.91 Å². The molecule has 1 fully saturated rings. The van der Waals surface area contributed by atoms with Gasteiger partial charge in [-0.25, -0.2) is 4.79 Å². The van der Waals surface area contributed by atoms with Gasteiger partial charge in [-0.15, -0.1) is 0 Å². The number of rotatable bonds is 2. The first-order chi connectivity index (χ1) is 8.65. The summed E-state index contributed by atoms with van der Waals surface area (Å²) in [5.74, 6) is -0.00648. The van der Waals surface area contributed by atoms with E-state index in [1.165, 1.54) is 12.5 Å². The lowest BCUT2D eigenvalue weighted by Crippen LogP contribution is -2.45. The third kappa shape index (κ3) is 3.32. The van der Waals surface area contributed by atoms with Crippen molar-refractivity contribution in [3.8, 4) is 0 Å². The number of amides is 3. The zero-order chi connectivity index (χ0) is 13.0. The number of imide groups is 1. The predicted molar refractivity (Wildman–Crippen MR) is 64.1 cm³/mol. The van der Waals surface area contributed by atoms with Gasteiger partial charge in [0.15, 0.2) is 5.69 Å². The minimum Gasteiger partial charge on any atom is -0.361 e. The molecule has 0 aromatic carbocycles. The second-order valence-electron chi connectivity index (χ2n) is 4.59. The topological polar surface area (TPSA) is 84.2 Å². The molecule has 98 valence electrons. The highest BCUT2D eigenvalue weighted by molar-refractivity contribution is 6.03. The van der Waals surface area contributed by atoms with Crippen LogP contribution in [0.2, 0.25) is 0 Å². The van der Waals surface area contributed by atoms with E-state index in [0.29, 0.717) is 5.76 Å². The first-order valence-corrected chi connectivity index (χ1v) is 6.20. The molecule has 0 saturated heterocycles. The molecule has 1 aromatic rings. The van der Waals surface area contributed by atoms with E-state index in [-0.39, 0.29) is 11.7 Å². The van der Waals surface area contributed by atoms with Crippen molar-refractivity contribution >= 4 is 11.9 Å². The first-order valence-electron chi connectivity index (χ1n) is 6.20. The van der Waals surface area contributed by atoms with Crippen LogP contribution in [0.15, 0.2) is 10.6 Å². The van der Waals surface area contributed by atoms with Gasteiger partial charge in [0.05, 0.1) is 0 Å². The standard InChI is InChI=1S/C12H17N3O3/c1-8-7-10(15-18-8)11(16)14-12(17)13-9-5-3-2-4-6-9/h7,9H,2-6H2,1H3,(H2,13,14,16,17). The average Bonchev–Trinajstić information content (AvgIpc) is 2.77. The van der Waals surface area contributed by atoms with Crippen LogP contribution >= 0.6 is 0 Å². The van der Waals surface area contributed by atoms with E-state index in [1.807, 2.05) is 0 Å². The van der Waals surface area contributed by atoms with Gasteiger partial charge in [-0.05, 0) is 19.8 Å². The lowest BCUT2D eigenvalue weighted by atomic mass is 9.96. The van der Waals surface area contributed by atoms with Gasteiger partial charge < -0.3 is 9.84 Å². The quantitative estimate of drug-likeness (QED) is 0.838. The fraction of sp³-hybridized carbons (Fsp3) is 0.583. The van der Waals surface area contributed by atoms with Gasteiger partial charge in [0, 0.05) is 12.1 Å². The van der Waals surface area contributed by atoms with Crippen molar-refractivity contribution in [1.29, 1.82) is 0 Å². The Bertz CT molecular complexity index is 436. The Morgan fingerprint density at radius 3 is 2.67 bits per heavy atom. The minimum absolute atomic E-state index is 0.117. The largest absolute Gasteiger partial charge is 0.361 e. The molecule has 2 rings (SSSR count). The van der Waals surface area contributed by atoms with Gasteiger partial charge in [-0.3, -0.25) is 10.1 Å². The Labute approximate surface area is 105 Å². The van der Waals surface area contributed by atoms with Crippen molar-refractivity contribution < 1.29 is 14.1 Å². The molecule has 1 saturated carbocycles. The molecule has 6 heteroatoms. The Balaban J connectivity index is 1.81. The Kier molecular flexibility index (Phi) is 3.96. The highest BCUT2D eigenvalue weighted by Crippen LogP contribution is 2.17. The predicted octanol–water partition coefficient (Wildman–Crippen LogP) is 1.76. The SMILES string of the molecule is Cc1cc(C(=O)NC(=O)NC2CCCCC2)no1. The van der Waals surface area contributed by atoms with E-state index in [4.69, 9.17) is 4.52 Å². The van der Waals surface area contributed by atoms with Crippen molar-refractivity contribution in [2.75, 3.05) is 0 Å². The summed E-state index contributed by atoms with van der Waals surface area (Å²) in [5.41, 5.74) is 0.117. The highest BCUT2D eigenvalue weighted by atomic mass is 16.5. The van der Waals surface area contributed by atoms with Gasteiger partial charge in [-0.1, -0.05) is 24.4 Å². The number of nitrogens with zero attached hydrogens (tertiary/aromatic N) is 1. The molecule has 18 heavy (non-hydrogen) atoms. The maximum absolute atomic E-state index is 11.6. The van der Waals surface area contributed by atoms with Gasteiger partial charge in [0.2, 0.25) is 0 Å². The molecule has 0 spiro atoms. The summed E-state index contributed by atoms with van der Waals surface area (Å²) < 4.78 is 4.77. The van der Waals surface area contributed by atoms with E-state index in [9.17, 15) is 9.59 Å². The molecule has 0 atom stereocenters. The second kappa shape index (κ2) is 5.66. The fourth-order valence-electron chi connectivity index (χ4n) is 2.11. The van der Waals surface area contributed by atoms with E-state index in [2.05, 4.69) is 15.8 Å². The van der Waals surface area contributed by atoms with Crippen LogP contribution in [-0.2, 0) is 0 Å². The molecule has 1 aliphatic carbocycles. The number of aryl methyl sites for hydroxylation is 1. The van der Waals surface area contributed by atoms with Gasteiger partial charge in [0.1, 0.15) is 5.76 Å². The molecule has 6 nitrogen and oxygen atoms in total. The van der Waals surface area contributed by atoms with Crippen LogP contribution in [0.1, 0.15) is 48.4 Å². The van der Waals surface area contributed by atoms with Crippen LogP contribution in [0.5, 0.6) is 0 Å². The molecule has 0 aliphatic heterocycles. The number of hydrogen-bond acceptors (Lipinski definition) is 4. The number of carbonyl (C=O) groups excluding carboxylic acids is 2. The van der Waals surface area contributed by atoms with Crippen LogP contribution in [-0.4, -0.2) is 23.1 Å². The summed E-state index contributed by atoms with van der Waals surface area (Å²) >= 11 is 0. The van der Waals surface area contributed by atoms with Crippen LogP contribution in [0, 0.1) is 6.92 Å². The lowest BCUT2D eigenvalue weighted by Gasteiger charge is -2.22. The monoisotopic (exact) mass is 251 g/mol. The molecule has 3 amide bonds. The lowest BCUT2D eigenvalue weighted by molar-refractivity contribution is 0.0954. The summed E-state index contributed by atoms with van der Waals surface area (Å²) in [4.78, 5) is 23.2. The van der Waals surface area contributed by atoms with E-state index in [0.717, 1.165) is 25.7 Å². The van der Waals surface area contributed by atoms with E-state index < -0.39 is 11.9 Å². The third-order valence-corrected chi connectivity index (χ3v) is 3.03. The molecule has 1 aliphatic rings. The smallest absolute Gasteiger partial charge is 0.321 e. The van der Waals surface area contributed by atoms with E-state index in [1.54, 1.807) is 6.92 Å². The number of aromatic nitrogens is 1. The Hall–Kier alpha value is -1.85.